The number of fused-ring (bicyclic) bond motifs is 3. The van der Waals surface area contributed by atoms with Crippen molar-refractivity contribution < 1.29 is 33.0 Å². The maximum atomic E-state index is 13.9. The zero-order valence-corrected chi connectivity index (χ0v) is 36.8. The number of hydrogen-bond donors (Lipinski definition) is 0. The maximum absolute atomic E-state index is 13.9. The zero-order chi connectivity index (χ0) is 41.1. The molecule has 0 amide bonds. The molecule has 6 atom stereocenters. The lowest BCUT2D eigenvalue weighted by molar-refractivity contribution is -0.151. The fourth-order valence-electron chi connectivity index (χ4n) is 9.59. The van der Waals surface area contributed by atoms with Gasteiger partial charge in [0, 0.05) is 6.10 Å². The predicted molar refractivity (Wildman–Crippen MR) is 235 cm³/mol. The van der Waals surface area contributed by atoms with Gasteiger partial charge in [0.25, 0.3) is 0 Å². The van der Waals surface area contributed by atoms with Gasteiger partial charge in [-0.05, 0) is 139 Å². The molecule has 7 nitrogen and oxygen atoms in total. The predicted octanol–water partition coefficient (Wildman–Crippen LogP) is 11.8. The van der Waals surface area contributed by atoms with E-state index in [1.54, 1.807) is 7.11 Å². The second-order valence-corrected chi connectivity index (χ2v) is 21.5. The standard InChI is InChI=1S/C50H66O7Si/c1-7-11-13-20-42(56-50(52)35(5)37-22-23-39-29-43(53-6)25-24-38(39)28-37)26-27-44-45-30-40-19-16-21-47(54-34-49(51)55-33-36-17-14-12-15-18-36)46(40)31-41(45)32-48(44)57-58(8-2,9-3)10-4/h12,14-19,21-25,28-29,35,41-42,44-45,48H,7-11,13,20,26-27,30-34H2,1-6H3/t35-,41-,42-,44+,45-,48+/m0/s1. The summed E-state index contributed by atoms with van der Waals surface area (Å²) >= 11 is 0. The molecule has 2 aliphatic carbocycles. The number of benzene rings is 4. The quantitative estimate of drug-likeness (QED) is 0.0471. The van der Waals surface area contributed by atoms with Crippen LogP contribution in [0.3, 0.4) is 0 Å². The van der Waals surface area contributed by atoms with Gasteiger partial charge in [-0.2, -0.15) is 0 Å². The first-order chi connectivity index (χ1) is 28.2. The second kappa shape index (κ2) is 20.7. The van der Waals surface area contributed by atoms with Crippen molar-refractivity contribution in [1.82, 2.24) is 0 Å². The van der Waals surface area contributed by atoms with Gasteiger partial charge < -0.3 is 23.4 Å². The van der Waals surface area contributed by atoms with Crippen LogP contribution in [0.4, 0.5) is 0 Å². The summed E-state index contributed by atoms with van der Waals surface area (Å²) in [4.78, 5) is 26.6. The molecule has 0 heterocycles. The van der Waals surface area contributed by atoms with E-state index in [1.165, 1.54) is 11.1 Å². The summed E-state index contributed by atoms with van der Waals surface area (Å²) in [6.07, 6.45) is 8.96. The Morgan fingerprint density at radius 2 is 1.59 bits per heavy atom. The highest BCUT2D eigenvalue weighted by Crippen LogP contribution is 2.51. The lowest BCUT2D eigenvalue weighted by Crippen LogP contribution is -2.42. The van der Waals surface area contributed by atoms with E-state index in [0.29, 0.717) is 17.8 Å². The van der Waals surface area contributed by atoms with Crippen molar-refractivity contribution in [2.45, 2.75) is 135 Å². The van der Waals surface area contributed by atoms with Crippen molar-refractivity contribution >= 4 is 31.0 Å². The topological polar surface area (TPSA) is 80.3 Å². The SMILES string of the molecule is CCCCC[C@@H](CC[C@@H]1[C@H]2Cc3cccc(OCC(=O)OCc4ccccc4)c3C[C@H]2C[C@H]1O[Si](CC)(CC)CC)OC(=O)[C@@H](C)c1ccc2cc(OC)ccc2c1. The molecular formula is C50H66O7Si. The molecule has 4 aromatic carbocycles. The molecule has 8 heteroatoms. The summed E-state index contributed by atoms with van der Waals surface area (Å²) in [5.74, 6) is 2.04. The van der Waals surface area contributed by atoms with Crippen molar-refractivity contribution in [2.24, 2.45) is 17.8 Å². The summed E-state index contributed by atoms with van der Waals surface area (Å²) in [5.41, 5.74) is 4.45. The van der Waals surface area contributed by atoms with Gasteiger partial charge in [0.15, 0.2) is 14.9 Å². The minimum absolute atomic E-state index is 0.115. The summed E-state index contributed by atoms with van der Waals surface area (Å²) in [6.45, 7) is 11.3. The van der Waals surface area contributed by atoms with Crippen molar-refractivity contribution in [3.8, 4) is 11.5 Å². The number of unbranched alkanes of at least 4 members (excludes halogenated alkanes) is 2. The minimum Gasteiger partial charge on any atom is -0.497 e. The molecule has 4 aromatic rings. The number of methoxy groups -OCH3 is 1. The third-order valence-corrected chi connectivity index (χ3v) is 18.1. The van der Waals surface area contributed by atoms with Crippen LogP contribution >= 0.6 is 0 Å². The Kier molecular flexibility index (Phi) is 15.5. The summed E-state index contributed by atoms with van der Waals surface area (Å²) in [5, 5.41) is 2.17. The van der Waals surface area contributed by atoms with Crippen LogP contribution in [-0.2, 0) is 42.9 Å². The average molecular weight is 807 g/mol. The highest BCUT2D eigenvalue weighted by atomic mass is 28.4. The Balaban J connectivity index is 1.16. The number of ether oxygens (including phenoxy) is 4. The molecule has 0 aliphatic heterocycles. The van der Waals surface area contributed by atoms with E-state index >= 15 is 0 Å². The van der Waals surface area contributed by atoms with Crippen molar-refractivity contribution in [3.05, 3.63) is 107 Å². The molecule has 58 heavy (non-hydrogen) atoms. The van der Waals surface area contributed by atoms with E-state index in [1.807, 2.05) is 67.6 Å². The Labute approximate surface area is 348 Å². The fourth-order valence-corrected chi connectivity index (χ4v) is 12.5. The van der Waals surface area contributed by atoms with Crippen LogP contribution in [0.2, 0.25) is 18.1 Å². The van der Waals surface area contributed by atoms with Gasteiger partial charge in [-0.3, -0.25) is 4.79 Å². The first-order valence-corrected chi connectivity index (χ1v) is 24.6. The van der Waals surface area contributed by atoms with Crippen LogP contribution in [-0.4, -0.2) is 46.2 Å². The Morgan fingerprint density at radius 3 is 2.33 bits per heavy atom. The van der Waals surface area contributed by atoms with Crippen LogP contribution in [0.15, 0.2) is 84.9 Å². The molecule has 1 fully saturated rings. The van der Waals surface area contributed by atoms with Gasteiger partial charge in [-0.1, -0.05) is 107 Å². The molecule has 312 valence electrons. The van der Waals surface area contributed by atoms with E-state index in [0.717, 1.165) is 109 Å². The van der Waals surface area contributed by atoms with Crippen molar-refractivity contribution in [2.75, 3.05) is 13.7 Å². The average Bonchev–Trinajstić information content (AvgIpc) is 3.59. The summed E-state index contributed by atoms with van der Waals surface area (Å²) in [7, 11) is -0.214. The van der Waals surface area contributed by atoms with Crippen LogP contribution in [0, 0.1) is 17.8 Å². The van der Waals surface area contributed by atoms with Gasteiger partial charge in [0.05, 0.1) is 13.0 Å². The van der Waals surface area contributed by atoms with Crippen molar-refractivity contribution in [3.63, 3.8) is 0 Å². The van der Waals surface area contributed by atoms with Crippen molar-refractivity contribution in [1.29, 1.82) is 0 Å². The molecule has 0 radical (unpaired) electrons. The molecular weight excluding hydrogens is 741 g/mol. The summed E-state index contributed by atoms with van der Waals surface area (Å²) < 4.78 is 31.0. The Bertz CT molecular complexity index is 1930. The molecule has 1 saturated carbocycles. The van der Waals surface area contributed by atoms with Gasteiger partial charge >= 0.3 is 11.9 Å². The molecule has 2 aliphatic rings. The largest absolute Gasteiger partial charge is 0.497 e. The van der Waals surface area contributed by atoms with Crippen LogP contribution in [0.5, 0.6) is 11.5 Å². The number of carbonyl (C=O) groups excluding carboxylic acids is 2. The first kappa shape index (κ1) is 43.4. The molecule has 0 unspecified atom stereocenters. The molecule has 6 rings (SSSR count). The van der Waals surface area contributed by atoms with Gasteiger partial charge in [-0.25, -0.2) is 4.79 Å². The van der Waals surface area contributed by atoms with E-state index in [2.05, 4.69) is 52.0 Å². The number of carbonyl (C=O) groups is 2. The molecule has 0 aromatic heterocycles. The van der Waals surface area contributed by atoms with Gasteiger partial charge in [0.2, 0.25) is 0 Å². The van der Waals surface area contributed by atoms with Gasteiger partial charge in [0.1, 0.15) is 24.2 Å². The Hall–Kier alpha value is -4.14. The maximum Gasteiger partial charge on any atom is 0.344 e. The molecule has 0 bridgehead atoms. The van der Waals surface area contributed by atoms with E-state index in [9.17, 15) is 9.59 Å². The second-order valence-electron chi connectivity index (χ2n) is 16.8. The lowest BCUT2D eigenvalue weighted by atomic mass is 9.73. The molecule has 0 saturated heterocycles. The lowest BCUT2D eigenvalue weighted by Gasteiger charge is -2.36. The highest BCUT2D eigenvalue weighted by molar-refractivity contribution is 6.73. The first-order valence-electron chi connectivity index (χ1n) is 22.1. The van der Waals surface area contributed by atoms with E-state index in [-0.39, 0.29) is 43.3 Å². The van der Waals surface area contributed by atoms with E-state index < -0.39 is 8.32 Å². The number of rotatable bonds is 21. The van der Waals surface area contributed by atoms with Crippen LogP contribution in [0.25, 0.3) is 10.8 Å². The van der Waals surface area contributed by atoms with Crippen LogP contribution in [0.1, 0.15) is 108 Å². The molecule has 0 N–H and O–H groups in total. The normalized spacial score (nSPS) is 19.8. The number of hydrogen-bond acceptors (Lipinski definition) is 7. The van der Waals surface area contributed by atoms with Gasteiger partial charge in [-0.15, -0.1) is 0 Å². The Morgan fingerprint density at radius 1 is 0.828 bits per heavy atom. The number of esters is 2. The van der Waals surface area contributed by atoms with Crippen LogP contribution < -0.4 is 9.47 Å². The van der Waals surface area contributed by atoms with E-state index in [4.69, 9.17) is 23.4 Å². The smallest absolute Gasteiger partial charge is 0.344 e. The molecule has 0 spiro atoms. The fraction of sp³-hybridized carbons (Fsp3) is 0.520. The zero-order valence-electron chi connectivity index (χ0n) is 35.8. The third-order valence-electron chi connectivity index (χ3n) is 13.4. The minimum atomic E-state index is -1.89. The monoisotopic (exact) mass is 806 g/mol. The third kappa shape index (κ3) is 10.7. The summed E-state index contributed by atoms with van der Waals surface area (Å²) in [6, 6.07) is 31.6. The highest BCUT2D eigenvalue weighted by Gasteiger charge is 2.48.